The highest BCUT2D eigenvalue weighted by molar-refractivity contribution is 5.32. The molecule has 1 N–H and O–H groups in total. The Kier molecular flexibility index (Phi) is 5.44. The van der Waals surface area contributed by atoms with Gasteiger partial charge in [-0.2, -0.15) is 5.10 Å². The number of aromatic nitrogens is 3. The molecule has 2 aromatic heterocycles. The van der Waals surface area contributed by atoms with Crippen molar-refractivity contribution in [2.45, 2.75) is 46.6 Å². The second kappa shape index (κ2) is 7.31. The fraction of sp³-hybridized carbons (Fsp3) is 0.500. The number of aryl methyl sites for hydroxylation is 2. The SMILES string of the molecule is CCCNCc1ccnc(-n2nc(CC)cc2CC)c1F. The number of nitrogens with zero attached hydrogens (tertiary/aromatic N) is 3. The zero-order valence-corrected chi connectivity index (χ0v) is 13.0. The van der Waals surface area contributed by atoms with E-state index < -0.39 is 0 Å². The van der Waals surface area contributed by atoms with Crippen LogP contribution in [0.5, 0.6) is 0 Å². The maximum atomic E-state index is 14.7. The lowest BCUT2D eigenvalue weighted by Gasteiger charge is -2.10. The van der Waals surface area contributed by atoms with E-state index in [4.69, 9.17) is 0 Å². The van der Waals surface area contributed by atoms with Crippen molar-refractivity contribution < 1.29 is 4.39 Å². The zero-order valence-electron chi connectivity index (χ0n) is 13.0. The molecule has 114 valence electrons. The molecular formula is C16H23FN4. The van der Waals surface area contributed by atoms with E-state index in [1.54, 1.807) is 16.9 Å². The molecule has 0 spiro atoms. The van der Waals surface area contributed by atoms with Gasteiger partial charge in [0.1, 0.15) is 0 Å². The predicted molar refractivity (Wildman–Crippen MR) is 82.1 cm³/mol. The summed E-state index contributed by atoms with van der Waals surface area (Å²) in [6, 6.07) is 3.74. The minimum absolute atomic E-state index is 0.290. The fourth-order valence-electron chi connectivity index (χ4n) is 2.24. The molecule has 0 unspecified atom stereocenters. The van der Waals surface area contributed by atoms with Crippen LogP contribution in [0.3, 0.4) is 0 Å². The second-order valence-corrected chi connectivity index (χ2v) is 5.03. The Morgan fingerprint density at radius 2 is 2.05 bits per heavy atom. The molecule has 2 aromatic rings. The van der Waals surface area contributed by atoms with Crippen LogP contribution in [-0.4, -0.2) is 21.3 Å². The van der Waals surface area contributed by atoms with Gasteiger partial charge >= 0.3 is 0 Å². The van der Waals surface area contributed by atoms with Gasteiger partial charge in [-0.05, 0) is 37.9 Å². The Morgan fingerprint density at radius 3 is 2.71 bits per heavy atom. The van der Waals surface area contributed by atoms with Gasteiger partial charge in [0.2, 0.25) is 0 Å². The van der Waals surface area contributed by atoms with E-state index in [-0.39, 0.29) is 5.82 Å². The summed E-state index contributed by atoms with van der Waals surface area (Å²) in [6.45, 7) is 7.56. The number of hydrogen-bond donors (Lipinski definition) is 1. The van der Waals surface area contributed by atoms with Crippen LogP contribution in [-0.2, 0) is 19.4 Å². The van der Waals surface area contributed by atoms with Crippen LogP contribution in [0.4, 0.5) is 4.39 Å². The third kappa shape index (κ3) is 3.47. The molecule has 2 heterocycles. The molecule has 0 saturated heterocycles. The number of pyridine rings is 1. The van der Waals surface area contributed by atoms with Crippen LogP contribution in [0, 0.1) is 5.82 Å². The van der Waals surface area contributed by atoms with Gasteiger partial charge in [-0.3, -0.25) is 0 Å². The Labute approximate surface area is 125 Å². The normalized spacial score (nSPS) is 11.0. The summed E-state index contributed by atoms with van der Waals surface area (Å²) >= 11 is 0. The Morgan fingerprint density at radius 1 is 1.24 bits per heavy atom. The number of nitrogens with one attached hydrogen (secondary N) is 1. The second-order valence-electron chi connectivity index (χ2n) is 5.03. The van der Waals surface area contributed by atoms with Crippen molar-refractivity contribution in [2.24, 2.45) is 0 Å². The lowest BCUT2D eigenvalue weighted by molar-refractivity contribution is 0.563. The van der Waals surface area contributed by atoms with Gasteiger partial charge in [0.15, 0.2) is 11.6 Å². The van der Waals surface area contributed by atoms with E-state index in [0.29, 0.717) is 17.9 Å². The van der Waals surface area contributed by atoms with E-state index in [9.17, 15) is 4.39 Å². The summed E-state index contributed by atoms with van der Waals surface area (Å²) < 4.78 is 16.3. The first-order chi connectivity index (χ1) is 10.2. The Balaban J connectivity index is 2.35. The van der Waals surface area contributed by atoms with E-state index in [1.807, 2.05) is 19.9 Å². The Hall–Kier alpha value is -1.75. The molecule has 21 heavy (non-hydrogen) atoms. The minimum Gasteiger partial charge on any atom is -0.313 e. The van der Waals surface area contributed by atoms with Crippen molar-refractivity contribution in [1.82, 2.24) is 20.1 Å². The predicted octanol–water partition coefficient (Wildman–Crippen LogP) is 3.03. The van der Waals surface area contributed by atoms with Crippen molar-refractivity contribution in [1.29, 1.82) is 0 Å². The molecule has 0 saturated carbocycles. The monoisotopic (exact) mass is 290 g/mol. The molecule has 0 radical (unpaired) electrons. The van der Waals surface area contributed by atoms with Crippen LogP contribution in [0.25, 0.3) is 5.82 Å². The Bertz CT molecular complexity index is 592. The van der Waals surface area contributed by atoms with Crippen LogP contribution in [0.1, 0.15) is 44.1 Å². The summed E-state index contributed by atoms with van der Waals surface area (Å²) in [6.07, 6.45) is 4.30. The molecule has 0 aliphatic heterocycles. The van der Waals surface area contributed by atoms with Gasteiger partial charge in [-0.25, -0.2) is 14.1 Å². The van der Waals surface area contributed by atoms with Crippen molar-refractivity contribution in [2.75, 3.05) is 6.54 Å². The summed E-state index contributed by atoms with van der Waals surface area (Å²) in [7, 11) is 0. The third-order valence-electron chi connectivity index (χ3n) is 3.45. The average molecular weight is 290 g/mol. The largest absolute Gasteiger partial charge is 0.313 e. The maximum absolute atomic E-state index is 14.7. The lowest BCUT2D eigenvalue weighted by Crippen LogP contribution is -2.16. The molecule has 0 aromatic carbocycles. The van der Waals surface area contributed by atoms with E-state index in [0.717, 1.165) is 37.2 Å². The van der Waals surface area contributed by atoms with Crippen molar-refractivity contribution in [3.05, 3.63) is 41.1 Å². The summed E-state index contributed by atoms with van der Waals surface area (Å²) in [5, 5.41) is 7.68. The van der Waals surface area contributed by atoms with Gasteiger partial charge in [-0.1, -0.05) is 20.8 Å². The van der Waals surface area contributed by atoms with Gasteiger partial charge in [0.05, 0.1) is 5.69 Å². The summed E-state index contributed by atoms with van der Waals surface area (Å²) in [5.41, 5.74) is 2.57. The summed E-state index contributed by atoms with van der Waals surface area (Å²) in [5.74, 6) is 0.00362. The highest BCUT2D eigenvalue weighted by Gasteiger charge is 2.15. The average Bonchev–Trinajstić information content (AvgIpc) is 2.92. The molecule has 0 amide bonds. The minimum atomic E-state index is -0.290. The zero-order chi connectivity index (χ0) is 15.2. The molecule has 0 fully saturated rings. The van der Waals surface area contributed by atoms with Crippen LogP contribution in [0.2, 0.25) is 0 Å². The van der Waals surface area contributed by atoms with Gasteiger partial charge in [0, 0.05) is 24.0 Å². The topological polar surface area (TPSA) is 42.7 Å². The quantitative estimate of drug-likeness (QED) is 0.797. The molecule has 0 aliphatic rings. The first-order valence-corrected chi connectivity index (χ1v) is 7.63. The molecule has 5 heteroatoms. The number of hydrogen-bond acceptors (Lipinski definition) is 3. The van der Waals surface area contributed by atoms with Crippen LogP contribution >= 0.6 is 0 Å². The molecule has 0 bridgehead atoms. The van der Waals surface area contributed by atoms with Gasteiger partial charge < -0.3 is 5.32 Å². The highest BCUT2D eigenvalue weighted by atomic mass is 19.1. The maximum Gasteiger partial charge on any atom is 0.190 e. The molecule has 0 aliphatic carbocycles. The van der Waals surface area contributed by atoms with Gasteiger partial charge in [-0.15, -0.1) is 0 Å². The van der Waals surface area contributed by atoms with Crippen molar-refractivity contribution in [3.63, 3.8) is 0 Å². The molecule has 0 atom stereocenters. The van der Waals surface area contributed by atoms with Crippen LogP contribution < -0.4 is 5.32 Å². The standard InChI is InChI=1S/C16H23FN4/c1-4-8-18-11-12-7-9-19-16(15(12)17)21-14(6-3)10-13(5-2)20-21/h7,9-10,18H,4-6,8,11H2,1-3H3. The van der Waals surface area contributed by atoms with E-state index >= 15 is 0 Å². The number of rotatable bonds is 7. The number of halogens is 1. The molecular weight excluding hydrogens is 267 g/mol. The summed E-state index contributed by atoms with van der Waals surface area (Å²) in [4.78, 5) is 4.19. The first kappa shape index (κ1) is 15.6. The first-order valence-electron chi connectivity index (χ1n) is 7.63. The van der Waals surface area contributed by atoms with Crippen LogP contribution in [0.15, 0.2) is 18.3 Å². The van der Waals surface area contributed by atoms with Crippen molar-refractivity contribution >= 4 is 0 Å². The van der Waals surface area contributed by atoms with Crippen molar-refractivity contribution in [3.8, 4) is 5.82 Å². The lowest BCUT2D eigenvalue weighted by atomic mass is 10.2. The molecule has 4 nitrogen and oxygen atoms in total. The molecule has 2 rings (SSSR count). The smallest absolute Gasteiger partial charge is 0.190 e. The van der Waals surface area contributed by atoms with E-state index in [2.05, 4.69) is 22.3 Å². The third-order valence-corrected chi connectivity index (χ3v) is 3.45. The fourth-order valence-corrected chi connectivity index (χ4v) is 2.24. The highest BCUT2D eigenvalue weighted by Crippen LogP contribution is 2.18. The van der Waals surface area contributed by atoms with Gasteiger partial charge in [0.25, 0.3) is 0 Å². The van der Waals surface area contributed by atoms with E-state index in [1.165, 1.54) is 0 Å².